The van der Waals surface area contributed by atoms with Gasteiger partial charge in [-0.25, -0.2) is 13.6 Å². The Morgan fingerprint density at radius 1 is 1.10 bits per heavy atom. The molecule has 0 radical (unpaired) electrons. The molecule has 1 amide bonds. The molecule has 1 N–H and O–H groups in total. The van der Waals surface area contributed by atoms with Gasteiger partial charge in [0.15, 0.2) is 11.6 Å². The summed E-state index contributed by atoms with van der Waals surface area (Å²) in [4.78, 5) is 30.9. The minimum Gasteiger partial charge on any atom is -0.465 e. The van der Waals surface area contributed by atoms with E-state index >= 15 is 0 Å². The number of hydrogen-bond acceptors (Lipinski definition) is 5. The zero-order chi connectivity index (χ0) is 21.9. The normalized spacial score (nSPS) is 15.6. The minimum atomic E-state index is -0.974. The standard InChI is InChI=1S/C22H25F2N3O3/c1-22(2,27-8-4-5-9-27)19(14-6-7-17(23)18(24)11-14)26-20(28)15-10-16(13-25-12-15)21(29)30-3/h6-7,10-13,19H,4-5,8-9H2,1-3H3,(H,26,28). The van der Waals surface area contributed by atoms with Crippen molar-refractivity contribution in [1.82, 2.24) is 15.2 Å². The van der Waals surface area contributed by atoms with Gasteiger partial charge in [-0.1, -0.05) is 6.07 Å². The van der Waals surface area contributed by atoms with E-state index in [1.807, 2.05) is 13.8 Å². The van der Waals surface area contributed by atoms with Crippen molar-refractivity contribution in [1.29, 1.82) is 0 Å². The van der Waals surface area contributed by atoms with E-state index in [0.717, 1.165) is 38.1 Å². The van der Waals surface area contributed by atoms with Crippen LogP contribution in [-0.4, -0.2) is 47.5 Å². The number of likely N-dealkylation sites (tertiary alicyclic amines) is 1. The maximum absolute atomic E-state index is 14.0. The predicted molar refractivity (Wildman–Crippen MR) is 107 cm³/mol. The van der Waals surface area contributed by atoms with Crippen LogP contribution < -0.4 is 5.32 Å². The number of amides is 1. The van der Waals surface area contributed by atoms with Gasteiger partial charge in [-0.2, -0.15) is 0 Å². The van der Waals surface area contributed by atoms with Gasteiger partial charge in [0.2, 0.25) is 0 Å². The number of ether oxygens (including phenoxy) is 1. The summed E-state index contributed by atoms with van der Waals surface area (Å²) in [5.74, 6) is -3.00. The monoisotopic (exact) mass is 417 g/mol. The number of carbonyl (C=O) groups excluding carboxylic acids is 2. The van der Waals surface area contributed by atoms with Crippen molar-refractivity contribution in [3.05, 3.63) is 65.0 Å². The Morgan fingerprint density at radius 2 is 1.77 bits per heavy atom. The van der Waals surface area contributed by atoms with Gasteiger partial charge in [0, 0.05) is 17.9 Å². The van der Waals surface area contributed by atoms with Crippen LogP contribution in [0.1, 0.15) is 59.0 Å². The van der Waals surface area contributed by atoms with Crippen molar-refractivity contribution in [3.8, 4) is 0 Å². The Kier molecular flexibility index (Phi) is 6.45. The first-order chi connectivity index (χ1) is 14.2. The Balaban J connectivity index is 1.95. The van der Waals surface area contributed by atoms with E-state index in [1.54, 1.807) is 0 Å². The lowest BCUT2D eigenvalue weighted by Gasteiger charge is -2.42. The van der Waals surface area contributed by atoms with Crippen molar-refractivity contribution in [2.45, 2.75) is 38.3 Å². The Bertz CT molecular complexity index is 943. The highest BCUT2D eigenvalue weighted by Gasteiger charge is 2.39. The average molecular weight is 417 g/mol. The number of nitrogens with zero attached hydrogens (tertiary/aromatic N) is 2. The van der Waals surface area contributed by atoms with Crippen LogP contribution in [0.4, 0.5) is 8.78 Å². The van der Waals surface area contributed by atoms with Crippen LogP contribution in [0.5, 0.6) is 0 Å². The molecule has 0 aliphatic carbocycles. The first kappa shape index (κ1) is 21.8. The first-order valence-corrected chi connectivity index (χ1v) is 9.78. The summed E-state index contributed by atoms with van der Waals surface area (Å²) in [7, 11) is 1.24. The topological polar surface area (TPSA) is 71.5 Å². The summed E-state index contributed by atoms with van der Waals surface area (Å²) in [5, 5.41) is 2.94. The van der Waals surface area contributed by atoms with Gasteiger partial charge in [-0.15, -0.1) is 0 Å². The molecule has 0 bridgehead atoms. The molecule has 160 valence electrons. The molecule has 0 saturated carbocycles. The molecule has 1 aromatic carbocycles. The van der Waals surface area contributed by atoms with Crippen LogP contribution in [0, 0.1) is 11.6 Å². The van der Waals surface area contributed by atoms with Crippen LogP contribution in [0.15, 0.2) is 36.7 Å². The highest BCUT2D eigenvalue weighted by atomic mass is 19.2. The Hall–Kier alpha value is -2.87. The molecule has 0 spiro atoms. The Morgan fingerprint density at radius 3 is 2.40 bits per heavy atom. The van der Waals surface area contributed by atoms with Gasteiger partial charge in [0.1, 0.15) is 0 Å². The summed E-state index contributed by atoms with van der Waals surface area (Å²) in [5.41, 5.74) is 0.205. The van der Waals surface area contributed by atoms with Gasteiger partial charge in [-0.05, 0) is 63.5 Å². The van der Waals surface area contributed by atoms with Crippen LogP contribution in [0.25, 0.3) is 0 Å². The molecule has 3 rings (SSSR count). The van der Waals surface area contributed by atoms with Crippen LogP contribution in [0.2, 0.25) is 0 Å². The number of aromatic nitrogens is 1. The molecule has 30 heavy (non-hydrogen) atoms. The quantitative estimate of drug-likeness (QED) is 0.729. The van der Waals surface area contributed by atoms with Crippen molar-refractivity contribution in [3.63, 3.8) is 0 Å². The molecule has 1 unspecified atom stereocenters. The maximum atomic E-state index is 14.0. The van der Waals surface area contributed by atoms with Gasteiger partial charge in [0.05, 0.1) is 24.3 Å². The van der Waals surface area contributed by atoms with Crippen molar-refractivity contribution >= 4 is 11.9 Å². The molecule has 1 atom stereocenters. The smallest absolute Gasteiger partial charge is 0.339 e. The molecule has 2 heterocycles. The number of hydrogen-bond donors (Lipinski definition) is 1. The highest BCUT2D eigenvalue weighted by Crippen LogP contribution is 2.34. The van der Waals surface area contributed by atoms with Gasteiger partial charge in [0.25, 0.3) is 5.91 Å². The van der Waals surface area contributed by atoms with E-state index < -0.39 is 35.1 Å². The SMILES string of the molecule is COC(=O)c1cncc(C(=O)NC(c2ccc(F)c(F)c2)C(C)(C)N2CCCC2)c1. The van der Waals surface area contributed by atoms with Crippen LogP contribution in [-0.2, 0) is 4.74 Å². The molecule has 2 aromatic rings. The summed E-state index contributed by atoms with van der Waals surface area (Å²) in [6, 6.07) is 4.41. The number of nitrogens with one attached hydrogen (secondary N) is 1. The van der Waals surface area contributed by atoms with Gasteiger partial charge >= 0.3 is 5.97 Å². The van der Waals surface area contributed by atoms with Crippen molar-refractivity contribution in [2.75, 3.05) is 20.2 Å². The number of pyridine rings is 1. The van der Waals surface area contributed by atoms with Crippen molar-refractivity contribution in [2.24, 2.45) is 0 Å². The largest absolute Gasteiger partial charge is 0.465 e. The van der Waals surface area contributed by atoms with E-state index in [0.29, 0.717) is 5.56 Å². The number of rotatable bonds is 6. The fourth-order valence-corrected chi connectivity index (χ4v) is 3.84. The summed E-state index contributed by atoms with van der Waals surface area (Å²) >= 11 is 0. The third-order valence-corrected chi connectivity index (χ3v) is 5.60. The van der Waals surface area contributed by atoms with Crippen LogP contribution in [0.3, 0.4) is 0 Å². The first-order valence-electron chi connectivity index (χ1n) is 9.78. The molecule has 1 fully saturated rings. The van der Waals surface area contributed by atoms with E-state index in [9.17, 15) is 18.4 Å². The van der Waals surface area contributed by atoms with Crippen molar-refractivity contribution < 1.29 is 23.1 Å². The summed E-state index contributed by atoms with van der Waals surface area (Å²) in [6.45, 7) is 5.63. The fraction of sp³-hybridized carbons (Fsp3) is 0.409. The second-order valence-corrected chi connectivity index (χ2v) is 7.88. The lowest BCUT2D eigenvalue weighted by Crippen LogP contribution is -2.52. The predicted octanol–water partition coefficient (Wildman–Crippen LogP) is 3.49. The van der Waals surface area contributed by atoms with E-state index in [4.69, 9.17) is 0 Å². The molecule has 1 aliphatic rings. The molecule has 1 saturated heterocycles. The zero-order valence-electron chi connectivity index (χ0n) is 17.2. The Labute approximate surface area is 174 Å². The summed E-state index contributed by atoms with van der Waals surface area (Å²) < 4.78 is 32.2. The fourth-order valence-electron chi connectivity index (χ4n) is 3.84. The third-order valence-electron chi connectivity index (χ3n) is 5.60. The number of esters is 1. The highest BCUT2D eigenvalue weighted by molar-refractivity contribution is 5.97. The summed E-state index contributed by atoms with van der Waals surface area (Å²) in [6.07, 6.45) is 4.72. The van der Waals surface area contributed by atoms with Crippen LogP contribution >= 0.6 is 0 Å². The molecule has 6 nitrogen and oxygen atoms in total. The number of halogens is 2. The van der Waals surface area contributed by atoms with E-state index in [2.05, 4.69) is 19.9 Å². The lowest BCUT2D eigenvalue weighted by molar-refractivity contribution is 0.0600. The zero-order valence-corrected chi connectivity index (χ0v) is 17.2. The average Bonchev–Trinajstić information content (AvgIpc) is 3.29. The van der Waals surface area contributed by atoms with E-state index in [1.165, 1.54) is 31.6 Å². The second-order valence-electron chi connectivity index (χ2n) is 7.88. The second kappa shape index (κ2) is 8.87. The molecular weight excluding hydrogens is 392 g/mol. The number of benzene rings is 1. The number of methoxy groups -OCH3 is 1. The lowest BCUT2D eigenvalue weighted by atomic mass is 9.86. The van der Waals surface area contributed by atoms with Gasteiger partial charge < -0.3 is 10.1 Å². The third kappa shape index (κ3) is 4.48. The van der Waals surface area contributed by atoms with E-state index in [-0.39, 0.29) is 11.1 Å². The molecule has 1 aliphatic heterocycles. The maximum Gasteiger partial charge on any atom is 0.339 e. The number of carbonyl (C=O) groups is 2. The van der Waals surface area contributed by atoms with Gasteiger partial charge in [-0.3, -0.25) is 14.7 Å². The minimum absolute atomic E-state index is 0.147. The molecular formula is C22H25F2N3O3. The molecule has 1 aromatic heterocycles. The molecule has 8 heteroatoms.